The molecule has 0 unspecified atom stereocenters. The molecule has 0 bridgehead atoms. The highest BCUT2D eigenvalue weighted by Gasteiger charge is 2.20. The maximum atomic E-state index is 6.22. The minimum atomic E-state index is 0.394. The molecule has 19 heavy (non-hydrogen) atoms. The van der Waals surface area contributed by atoms with E-state index in [0.717, 1.165) is 42.6 Å². The Bertz CT molecular complexity index is 468. The number of hydrogen-bond donors (Lipinski definition) is 1. The summed E-state index contributed by atoms with van der Waals surface area (Å²) in [6, 6.07) is 4.09. The van der Waals surface area contributed by atoms with Crippen LogP contribution in [0.4, 0.5) is 5.69 Å². The van der Waals surface area contributed by atoms with Crippen LogP contribution in [-0.2, 0) is 0 Å². The predicted octanol–water partition coefficient (Wildman–Crippen LogP) is 4.27. The van der Waals surface area contributed by atoms with E-state index < -0.39 is 0 Å². The number of nitrogens with zero attached hydrogens (tertiary/aromatic N) is 1. The van der Waals surface area contributed by atoms with Crippen LogP contribution >= 0.6 is 39.1 Å². The molecule has 0 spiro atoms. The van der Waals surface area contributed by atoms with Gasteiger partial charge in [-0.25, -0.2) is 0 Å². The Balaban J connectivity index is 1.98. The van der Waals surface area contributed by atoms with E-state index in [1.165, 1.54) is 0 Å². The maximum absolute atomic E-state index is 6.22. The Hall–Kier alpha value is -0.400. The molecule has 1 aromatic carbocycles. The molecule has 2 nitrogen and oxygen atoms in total. The van der Waals surface area contributed by atoms with Gasteiger partial charge in [0.05, 0.1) is 22.3 Å². The van der Waals surface area contributed by atoms with Gasteiger partial charge in [0.15, 0.2) is 0 Å². The largest absolute Gasteiger partial charge is 0.380 e. The third-order valence-corrected chi connectivity index (χ3v) is 4.31. The molecule has 1 aliphatic rings. The molecule has 2 rings (SSSR count). The lowest BCUT2D eigenvalue weighted by Gasteiger charge is -2.32. The average Bonchev–Trinajstić information content (AvgIpc) is 2.36. The number of terminal acetylenes is 1. The highest BCUT2D eigenvalue weighted by Crippen LogP contribution is 2.35. The predicted molar refractivity (Wildman–Crippen MR) is 86.1 cm³/mol. The van der Waals surface area contributed by atoms with Crippen molar-refractivity contribution in [1.29, 1.82) is 0 Å². The highest BCUT2D eigenvalue weighted by molar-refractivity contribution is 9.10. The lowest BCUT2D eigenvalue weighted by atomic mass is 10.0. The standard InChI is InChI=1S/C14H15BrCl2N2/c1-2-5-19-6-3-11(4-7-19)18-14-12(16)8-10(15)9-13(14)17/h1,8-9,11,18H,3-7H2. The summed E-state index contributed by atoms with van der Waals surface area (Å²) in [5, 5.41) is 4.73. The molecule has 1 aromatic rings. The summed E-state index contributed by atoms with van der Waals surface area (Å²) < 4.78 is 0.886. The zero-order valence-electron chi connectivity index (χ0n) is 10.4. The molecular weight excluding hydrogens is 347 g/mol. The molecule has 1 aliphatic heterocycles. The Kier molecular flexibility index (Phi) is 5.41. The third kappa shape index (κ3) is 4.03. The minimum absolute atomic E-state index is 0.394. The lowest BCUT2D eigenvalue weighted by molar-refractivity contribution is 0.243. The Morgan fingerprint density at radius 3 is 2.42 bits per heavy atom. The van der Waals surface area contributed by atoms with Gasteiger partial charge in [0.25, 0.3) is 0 Å². The summed E-state index contributed by atoms with van der Waals surface area (Å²) in [6.07, 6.45) is 7.42. The van der Waals surface area contributed by atoms with E-state index in [-0.39, 0.29) is 0 Å². The van der Waals surface area contributed by atoms with Gasteiger partial charge in [0.2, 0.25) is 0 Å². The number of anilines is 1. The van der Waals surface area contributed by atoms with Crippen LogP contribution in [0.1, 0.15) is 12.8 Å². The van der Waals surface area contributed by atoms with Gasteiger partial charge in [-0.1, -0.05) is 45.1 Å². The van der Waals surface area contributed by atoms with Gasteiger partial charge >= 0.3 is 0 Å². The Labute approximate surface area is 132 Å². The summed E-state index contributed by atoms with van der Waals surface area (Å²) >= 11 is 15.8. The number of halogens is 3. The van der Waals surface area contributed by atoms with E-state index in [1.807, 2.05) is 12.1 Å². The molecule has 0 saturated carbocycles. The van der Waals surface area contributed by atoms with Crippen molar-refractivity contribution < 1.29 is 0 Å². The first-order valence-electron chi connectivity index (χ1n) is 6.17. The summed E-state index contributed by atoms with van der Waals surface area (Å²) in [5.41, 5.74) is 0.821. The van der Waals surface area contributed by atoms with Gasteiger partial charge < -0.3 is 5.32 Å². The van der Waals surface area contributed by atoms with Crippen LogP contribution in [0.3, 0.4) is 0 Å². The van der Waals surface area contributed by atoms with Crippen LogP contribution in [0.5, 0.6) is 0 Å². The highest BCUT2D eigenvalue weighted by atomic mass is 79.9. The van der Waals surface area contributed by atoms with E-state index >= 15 is 0 Å². The molecule has 1 fully saturated rings. The average molecular weight is 362 g/mol. The maximum Gasteiger partial charge on any atom is 0.0721 e. The van der Waals surface area contributed by atoms with Gasteiger partial charge in [-0.05, 0) is 25.0 Å². The molecule has 0 aromatic heterocycles. The number of rotatable bonds is 3. The second kappa shape index (κ2) is 6.85. The number of hydrogen-bond acceptors (Lipinski definition) is 2. The van der Waals surface area contributed by atoms with E-state index in [0.29, 0.717) is 16.1 Å². The molecule has 1 N–H and O–H groups in total. The second-order valence-electron chi connectivity index (χ2n) is 4.64. The normalized spacial score (nSPS) is 17.2. The van der Waals surface area contributed by atoms with Gasteiger partial charge in [-0.15, -0.1) is 6.42 Å². The molecule has 0 aliphatic carbocycles. The Morgan fingerprint density at radius 2 is 1.89 bits per heavy atom. The number of nitrogens with one attached hydrogen (secondary N) is 1. The minimum Gasteiger partial charge on any atom is -0.380 e. The third-order valence-electron chi connectivity index (χ3n) is 3.26. The molecular formula is C14H15BrCl2N2. The molecule has 0 atom stereocenters. The summed E-state index contributed by atoms with van der Waals surface area (Å²) in [7, 11) is 0. The van der Waals surface area contributed by atoms with Crippen LogP contribution < -0.4 is 5.32 Å². The molecule has 102 valence electrons. The zero-order valence-corrected chi connectivity index (χ0v) is 13.5. The first-order valence-corrected chi connectivity index (χ1v) is 7.72. The van der Waals surface area contributed by atoms with E-state index in [4.69, 9.17) is 29.6 Å². The molecule has 1 saturated heterocycles. The lowest BCUT2D eigenvalue weighted by Crippen LogP contribution is -2.39. The van der Waals surface area contributed by atoms with E-state index in [2.05, 4.69) is 32.1 Å². The Morgan fingerprint density at radius 1 is 1.32 bits per heavy atom. The number of piperidine rings is 1. The monoisotopic (exact) mass is 360 g/mol. The van der Waals surface area contributed by atoms with Crippen molar-refractivity contribution in [3.8, 4) is 12.3 Å². The van der Waals surface area contributed by atoms with Gasteiger partial charge in [0.1, 0.15) is 0 Å². The SMILES string of the molecule is C#CCN1CCC(Nc2c(Cl)cc(Br)cc2Cl)CC1. The van der Waals surface area contributed by atoms with Gasteiger partial charge in [0, 0.05) is 23.6 Å². The van der Waals surface area contributed by atoms with Crippen molar-refractivity contribution in [1.82, 2.24) is 4.90 Å². The van der Waals surface area contributed by atoms with Crippen LogP contribution in [0.25, 0.3) is 0 Å². The molecule has 5 heteroatoms. The first-order chi connectivity index (χ1) is 9.10. The first kappa shape index (κ1) is 15.0. The second-order valence-corrected chi connectivity index (χ2v) is 6.37. The molecule has 0 amide bonds. The van der Waals surface area contributed by atoms with Crippen LogP contribution in [0.2, 0.25) is 10.0 Å². The number of benzene rings is 1. The van der Waals surface area contributed by atoms with E-state index in [9.17, 15) is 0 Å². The zero-order chi connectivity index (χ0) is 13.8. The summed E-state index contributed by atoms with van der Waals surface area (Å²) in [6.45, 7) is 2.74. The number of likely N-dealkylation sites (tertiary alicyclic amines) is 1. The fourth-order valence-corrected chi connectivity index (χ4v) is 3.57. The quantitative estimate of drug-likeness (QED) is 0.809. The fraction of sp³-hybridized carbons (Fsp3) is 0.429. The van der Waals surface area contributed by atoms with Gasteiger partial charge in [-0.3, -0.25) is 4.90 Å². The summed E-state index contributed by atoms with van der Waals surface area (Å²) in [4.78, 5) is 2.28. The van der Waals surface area contributed by atoms with Crippen molar-refractivity contribution in [3.05, 3.63) is 26.7 Å². The van der Waals surface area contributed by atoms with Crippen molar-refractivity contribution in [2.75, 3.05) is 25.0 Å². The van der Waals surface area contributed by atoms with Crippen LogP contribution in [0, 0.1) is 12.3 Å². The van der Waals surface area contributed by atoms with Crippen molar-refractivity contribution >= 4 is 44.8 Å². The van der Waals surface area contributed by atoms with Crippen molar-refractivity contribution in [2.24, 2.45) is 0 Å². The molecule has 1 heterocycles. The fourth-order valence-electron chi connectivity index (χ4n) is 2.25. The smallest absolute Gasteiger partial charge is 0.0721 e. The van der Waals surface area contributed by atoms with Crippen LogP contribution in [-0.4, -0.2) is 30.6 Å². The van der Waals surface area contributed by atoms with Crippen molar-refractivity contribution in [3.63, 3.8) is 0 Å². The topological polar surface area (TPSA) is 15.3 Å². The van der Waals surface area contributed by atoms with Crippen molar-refractivity contribution in [2.45, 2.75) is 18.9 Å². The molecule has 0 radical (unpaired) electrons. The van der Waals surface area contributed by atoms with Gasteiger partial charge in [-0.2, -0.15) is 0 Å². The summed E-state index contributed by atoms with van der Waals surface area (Å²) in [5.74, 6) is 2.68. The van der Waals surface area contributed by atoms with E-state index in [1.54, 1.807) is 0 Å². The van der Waals surface area contributed by atoms with Crippen LogP contribution in [0.15, 0.2) is 16.6 Å².